The molecule has 21 heavy (non-hydrogen) atoms. The number of ether oxygens (including phenoxy) is 1. The van der Waals surface area contributed by atoms with Crippen LogP contribution in [0.1, 0.15) is 27.4 Å². The molecule has 2 heterocycles. The Morgan fingerprint density at radius 2 is 2.05 bits per heavy atom. The van der Waals surface area contributed by atoms with Gasteiger partial charge in [-0.3, -0.25) is 9.78 Å². The van der Waals surface area contributed by atoms with Crippen molar-refractivity contribution in [2.75, 3.05) is 20.3 Å². The highest BCUT2D eigenvalue weighted by atomic mass is 16.5. The fourth-order valence-corrected chi connectivity index (χ4v) is 2.18. The molecule has 0 bridgehead atoms. The Hall–Kier alpha value is -2.14. The van der Waals surface area contributed by atoms with E-state index in [1.807, 2.05) is 19.1 Å². The van der Waals surface area contributed by atoms with E-state index >= 15 is 0 Å². The van der Waals surface area contributed by atoms with Crippen LogP contribution in [-0.2, 0) is 11.3 Å². The van der Waals surface area contributed by atoms with Crippen LogP contribution in [0.15, 0.2) is 35.0 Å². The molecule has 2 rings (SSSR count). The average Bonchev–Trinajstić information content (AvgIpc) is 2.82. The van der Waals surface area contributed by atoms with Crippen molar-refractivity contribution in [1.29, 1.82) is 0 Å². The summed E-state index contributed by atoms with van der Waals surface area (Å²) in [6, 6.07) is 5.59. The van der Waals surface area contributed by atoms with Gasteiger partial charge in [0.25, 0.3) is 5.91 Å². The molecule has 112 valence electrons. The van der Waals surface area contributed by atoms with Crippen molar-refractivity contribution in [3.8, 4) is 0 Å². The highest BCUT2D eigenvalue weighted by Crippen LogP contribution is 2.17. The largest absolute Gasteiger partial charge is 0.466 e. The van der Waals surface area contributed by atoms with Gasteiger partial charge in [-0.2, -0.15) is 0 Å². The molecule has 0 unspecified atom stereocenters. The van der Waals surface area contributed by atoms with E-state index in [0.717, 1.165) is 11.3 Å². The van der Waals surface area contributed by atoms with E-state index < -0.39 is 0 Å². The minimum atomic E-state index is -0.0433. The van der Waals surface area contributed by atoms with Gasteiger partial charge >= 0.3 is 0 Å². The minimum absolute atomic E-state index is 0.0433. The number of aryl methyl sites for hydroxylation is 2. The number of carbonyl (C=O) groups excluding carboxylic acids is 1. The van der Waals surface area contributed by atoms with E-state index in [2.05, 4.69) is 4.98 Å². The first kappa shape index (κ1) is 15.3. The zero-order chi connectivity index (χ0) is 15.2. The normalized spacial score (nSPS) is 10.6. The number of aromatic nitrogens is 1. The topological polar surface area (TPSA) is 55.6 Å². The SMILES string of the molecule is COCCN(Cc1ccncc1)C(=O)c1cc(C)oc1C. The van der Waals surface area contributed by atoms with Gasteiger partial charge in [-0.25, -0.2) is 0 Å². The molecule has 0 fully saturated rings. The number of hydrogen-bond donors (Lipinski definition) is 0. The van der Waals surface area contributed by atoms with Crippen molar-refractivity contribution < 1.29 is 13.9 Å². The third-order valence-corrected chi connectivity index (χ3v) is 3.25. The second-order valence-electron chi connectivity index (χ2n) is 4.90. The molecule has 0 radical (unpaired) electrons. The summed E-state index contributed by atoms with van der Waals surface area (Å²) in [5.74, 6) is 1.35. The summed E-state index contributed by atoms with van der Waals surface area (Å²) in [6.45, 7) is 5.19. The number of pyridine rings is 1. The van der Waals surface area contributed by atoms with Crippen LogP contribution in [0.2, 0.25) is 0 Å². The molecule has 0 saturated carbocycles. The van der Waals surface area contributed by atoms with Gasteiger partial charge in [0.1, 0.15) is 11.5 Å². The summed E-state index contributed by atoms with van der Waals surface area (Å²) >= 11 is 0. The van der Waals surface area contributed by atoms with Gasteiger partial charge in [-0.15, -0.1) is 0 Å². The Labute approximate surface area is 124 Å². The number of hydrogen-bond acceptors (Lipinski definition) is 4. The van der Waals surface area contributed by atoms with Gasteiger partial charge in [0.05, 0.1) is 12.2 Å². The molecule has 2 aromatic rings. The van der Waals surface area contributed by atoms with E-state index in [0.29, 0.717) is 31.0 Å². The second-order valence-corrected chi connectivity index (χ2v) is 4.90. The predicted octanol–water partition coefficient (Wildman–Crippen LogP) is 2.58. The Morgan fingerprint density at radius 3 is 2.62 bits per heavy atom. The number of methoxy groups -OCH3 is 1. The van der Waals surface area contributed by atoms with Crippen molar-refractivity contribution in [3.63, 3.8) is 0 Å². The Kier molecular flexibility index (Phi) is 5.11. The molecule has 0 saturated heterocycles. The van der Waals surface area contributed by atoms with E-state index in [1.165, 1.54) is 0 Å². The van der Waals surface area contributed by atoms with Crippen LogP contribution in [0, 0.1) is 13.8 Å². The summed E-state index contributed by atoms with van der Waals surface area (Å²) in [7, 11) is 1.63. The van der Waals surface area contributed by atoms with Gasteiger partial charge in [-0.1, -0.05) is 0 Å². The molecule has 0 aliphatic rings. The number of carbonyl (C=O) groups is 1. The fourth-order valence-electron chi connectivity index (χ4n) is 2.18. The van der Waals surface area contributed by atoms with Crippen LogP contribution in [0.3, 0.4) is 0 Å². The van der Waals surface area contributed by atoms with Crippen LogP contribution in [-0.4, -0.2) is 36.1 Å². The second kappa shape index (κ2) is 7.04. The number of rotatable bonds is 6. The van der Waals surface area contributed by atoms with Crippen molar-refractivity contribution in [2.24, 2.45) is 0 Å². The molecule has 1 amide bonds. The number of nitrogens with zero attached hydrogens (tertiary/aromatic N) is 2. The van der Waals surface area contributed by atoms with Crippen molar-refractivity contribution >= 4 is 5.91 Å². The smallest absolute Gasteiger partial charge is 0.257 e. The molecular formula is C16H20N2O3. The van der Waals surface area contributed by atoms with Gasteiger partial charge in [0, 0.05) is 32.6 Å². The van der Waals surface area contributed by atoms with E-state index in [-0.39, 0.29) is 5.91 Å². The van der Waals surface area contributed by atoms with Gasteiger partial charge in [0.15, 0.2) is 0 Å². The van der Waals surface area contributed by atoms with Gasteiger partial charge in [0.2, 0.25) is 0 Å². The molecule has 5 nitrogen and oxygen atoms in total. The average molecular weight is 288 g/mol. The lowest BCUT2D eigenvalue weighted by atomic mass is 10.2. The van der Waals surface area contributed by atoms with Crippen LogP contribution in [0.25, 0.3) is 0 Å². The van der Waals surface area contributed by atoms with Crippen molar-refractivity contribution in [1.82, 2.24) is 9.88 Å². The third kappa shape index (κ3) is 3.92. The minimum Gasteiger partial charge on any atom is -0.466 e. The van der Waals surface area contributed by atoms with Gasteiger partial charge < -0.3 is 14.1 Å². The van der Waals surface area contributed by atoms with E-state index in [4.69, 9.17) is 9.15 Å². The van der Waals surface area contributed by atoms with Crippen molar-refractivity contribution in [3.05, 3.63) is 53.2 Å². The predicted molar refractivity (Wildman–Crippen MR) is 79.0 cm³/mol. The molecular weight excluding hydrogens is 268 g/mol. The lowest BCUT2D eigenvalue weighted by Gasteiger charge is -2.22. The zero-order valence-electron chi connectivity index (χ0n) is 12.6. The van der Waals surface area contributed by atoms with Crippen LogP contribution in [0.4, 0.5) is 0 Å². The standard InChI is InChI=1S/C16H20N2O3/c1-12-10-15(13(2)21-12)16(19)18(8-9-20-3)11-14-4-6-17-7-5-14/h4-7,10H,8-9,11H2,1-3H3. The Morgan fingerprint density at radius 1 is 1.33 bits per heavy atom. The highest BCUT2D eigenvalue weighted by Gasteiger charge is 2.20. The maximum atomic E-state index is 12.7. The quantitative estimate of drug-likeness (QED) is 0.820. The molecule has 0 N–H and O–H groups in total. The monoisotopic (exact) mass is 288 g/mol. The fraction of sp³-hybridized carbons (Fsp3) is 0.375. The lowest BCUT2D eigenvalue weighted by Crippen LogP contribution is -2.33. The number of furan rings is 1. The summed E-state index contributed by atoms with van der Waals surface area (Å²) in [4.78, 5) is 18.4. The molecule has 0 aliphatic heterocycles. The molecule has 5 heteroatoms. The first-order valence-corrected chi connectivity index (χ1v) is 6.86. The molecule has 2 aromatic heterocycles. The highest BCUT2D eigenvalue weighted by molar-refractivity contribution is 5.95. The molecule has 0 atom stereocenters. The first-order chi connectivity index (χ1) is 10.1. The molecule has 0 aliphatic carbocycles. The maximum Gasteiger partial charge on any atom is 0.257 e. The van der Waals surface area contributed by atoms with E-state index in [9.17, 15) is 4.79 Å². The lowest BCUT2D eigenvalue weighted by molar-refractivity contribution is 0.0678. The summed E-state index contributed by atoms with van der Waals surface area (Å²) in [5.41, 5.74) is 1.64. The number of amides is 1. The van der Waals surface area contributed by atoms with Crippen LogP contribution < -0.4 is 0 Å². The Balaban J connectivity index is 2.19. The summed E-state index contributed by atoms with van der Waals surface area (Å²) in [6.07, 6.45) is 3.45. The summed E-state index contributed by atoms with van der Waals surface area (Å²) in [5, 5.41) is 0. The third-order valence-electron chi connectivity index (χ3n) is 3.25. The van der Waals surface area contributed by atoms with Gasteiger partial charge in [-0.05, 0) is 37.6 Å². The van der Waals surface area contributed by atoms with Crippen LogP contribution in [0.5, 0.6) is 0 Å². The molecule has 0 aromatic carbocycles. The zero-order valence-corrected chi connectivity index (χ0v) is 12.6. The maximum absolute atomic E-state index is 12.7. The Bertz CT molecular complexity index is 593. The van der Waals surface area contributed by atoms with E-state index in [1.54, 1.807) is 37.4 Å². The molecule has 0 spiro atoms. The van der Waals surface area contributed by atoms with Crippen LogP contribution >= 0.6 is 0 Å². The first-order valence-electron chi connectivity index (χ1n) is 6.86. The van der Waals surface area contributed by atoms with Crippen molar-refractivity contribution in [2.45, 2.75) is 20.4 Å². The summed E-state index contributed by atoms with van der Waals surface area (Å²) < 4.78 is 10.6.